The Bertz CT molecular complexity index is 1130. The Hall–Kier alpha value is -2.94. The minimum Gasteiger partial charge on any atom is -0.489 e. The monoisotopic (exact) mass is 522 g/mol. The van der Waals surface area contributed by atoms with Crippen molar-refractivity contribution in [3.05, 3.63) is 29.3 Å². The van der Waals surface area contributed by atoms with Gasteiger partial charge in [-0.2, -0.15) is 0 Å². The van der Waals surface area contributed by atoms with Crippen molar-refractivity contribution >= 4 is 23.6 Å². The fourth-order valence-electron chi connectivity index (χ4n) is 7.23. The maximum absolute atomic E-state index is 13.0. The summed E-state index contributed by atoms with van der Waals surface area (Å²) < 4.78 is 6.58. The van der Waals surface area contributed by atoms with E-state index in [4.69, 9.17) is 4.74 Å². The molecule has 4 heterocycles. The zero-order valence-electron chi connectivity index (χ0n) is 22.2. The number of carbonyl (C=O) groups is 4. The SMILES string of the molecule is CC(=O)N1CCCC(C2CN([C@@H]3CCCC[C@@H]3Oc3ccc4c(c3)CN(C3CCC(=O)NC3=O)C4=O)C2)C1. The smallest absolute Gasteiger partial charge is 0.255 e. The first-order valence-electron chi connectivity index (χ1n) is 14.3. The number of fused-ring (bicyclic) bond motifs is 1. The van der Waals surface area contributed by atoms with Gasteiger partial charge >= 0.3 is 0 Å². The highest BCUT2D eigenvalue weighted by atomic mass is 16.5. The molecule has 5 aliphatic rings. The van der Waals surface area contributed by atoms with Gasteiger partial charge in [-0.15, -0.1) is 0 Å². The van der Waals surface area contributed by atoms with Crippen LogP contribution in [0.15, 0.2) is 18.2 Å². The summed E-state index contributed by atoms with van der Waals surface area (Å²) in [6, 6.07) is 5.45. The van der Waals surface area contributed by atoms with Crippen molar-refractivity contribution < 1.29 is 23.9 Å². The quantitative estimate of drug-likeness (QED) is 0.596. The maximum Gasteiger partial charge on any atom is 0.255 e. The number of hydrogen-bond acceptors (Lipinski definition) is 6. The second-order valence-electron chi connectivity index (χ2n) is 11.8. The van der Waals surface area contributed by atoms with Crippen molar-refractivity contribution in [1.82, 2.24) is 20.0 Å². The normalized spacial score (nSPS) is 30.6. The van der Waals surface area contributed by atoms with Gasteiger partial charge in [0.15, 0.2) is 0 Å². The van der Waals surface area contributed by atoms with Gasteiger partial charge in [-0.25, -0.2) is 0 Å². The van der Waals surface area contributed by atoms with Crippen LogP contribution >= 0.6 is 0 Å². The Labute approximate surface area is 223 Å². The number of nitrogens with one attached hydrogen (secondary N) is 1. The van der Waals surface area contributed by atoms with Gasteiger partial charge in [-0.1, -0.05) is 6.42 Å². The molecule has 0 bridgehead atoms. The molecule has 1 aromatic rings. The van der Waals surface area contributed by atoms with Gasteiger partial charge in [0.2, 0.25) is 17.7 Å². The van der Waals surface area contributed by atoms with Crippen LogP contribution in [0.2, 0.25) is 0 Å². The molecule has 2 unspecified atom stereocenters. The molecule has 204 valence electrons. The number of carbonyl (C=O) groups excluding carboxylic acids is 4. The lowest BCUT2D eigenvalue weighted by atomic mass is 9.78. The highest BCUT2D eigenvalue weighted by Crippen LogP contribution is 2.37. The molecule has 0 aromatic heterocycles. The van der Waals surface area contributed by atoms with E-state index < -0.39 is 6.04 Å². The van der Waals surface area contributed by atoms with Gasteiger partial charge in [-0.3, -0.25) is 29.4 Å². The van der Waals surface area contributed by atoms with Gasteiger partial charge in [0.05, 0.1) is 0 Å². The standard InChI is InChI=1S/C29H38N4O5/c1-18(34)31-12-4-5-19(14-31)21-15-32(16-21)24-6-2-3-7-26(24)38-22-8-9-23-20(13-22)17-33(29(23)37)25-10-11-27(35)30-28(25)36/h8-9,13,19,21,24-26H,2-7,10-12,14-17H2,1H3,(H,30,35,36)/t19?,24-,25?,26+/m1/s1. The van der Waals surface area contributed by atoms with E-state index in [1.165, 1.54) is 12.8 Å². The van der Waals surface area contributed by atoms with E-state index in [2.05, 4.69) is 10.2 Å². The van der Waals surface area contributed by atoms with Crippen molar-refractivity contribution in [1.29, 1.82) is 0 Å². The van der Waals surface area contributed by atoms with Gasteiger partial charge in [0.25, 0.3) is 5.91 Å². The molecule has 4 amide bonds. The van der Waals surface area contributed by atoms with Crippen molar-refractivity contribution in [3.63, 3.8) is 0 Å². The highest BCUT2D eigenvalue weighted by molar-refractivity contribution is 6.05. The van der Waals surface area contributed by atoms with Crippen LogP contribution in [0.3, 0.4) is 0 Å². The lowest BCUT2D eigenvalue weighted by molar-refractivity contribution is -0.137. The molecule has 1 aliphatic carbocycles. The van der Waals surface area contributed by atoms with E-state index in [-0.39, 0.29) is 36.2 Å². The van der Waals surface area contributed by atoms with Crippen LogP contribution in [0.5, 0.6) is 5.75 Å². The second-order valence-corrected chi connectivity index (χ2v) is 11.8. The van der Waals surface area contributed by atoms with Crippen LogP contribution < -0.4 is 10.1 Å². The first-order valence-corrected chi connectivity index (χ1v) is 14.3. The van der Waals surface area contributed by atoms with Crippen LogP contribution in [0.1, 0.15) is 74.2 Å². The minimum atomic E-state index is -0.606. The van der Waals surface area contributed by atoms with Crippen LogP contribution in [-0.2, 0) is 20.9 Å². The Morgan fingerprint density at radius 1 is 0.974 bits per heavy atom. The summed E-state index contributed by atoms with van der Waals surface area (Å²) in [6.45, 7) is 6.01. The van der Waals surface area contributed by atoms with Crippen molar-refractivity contribution in [2.24, 2.45) is 11.8 Å². The average Bonchev–Trinajstić information content (AvgIpc) is 3.19. The molecule has 4 atom stereocenters. The molecule has 0 radical (unpaired) electrons. The van der Waals surface area contributed by atoms with Gasteiger partial charge in [0.1, 0.15) is 17.9 Å². The summed E-state index contributed by atoms with van der Waals surface area (Å²) in [5.41, 5.74) is 1.49. The zero-order valence-corrected chi connectivity index (χ0v) is 22.2. The lowest BCUT2D eigenvalue weighted by Gasteiger charge is -2.52. The van der Waals surface area contributed by atoms with E-state index in [9.17, 15) is 19.2 Å². The molecular formula is C29H38N4O5. The largest absolute Gasteiger partial charge is 0.489 e. The number of amides is 4. The number of imide groups is 1. The number of benzene rings is 1. The summed E-state index contributed by atoms with van der Waals surface area (Å²) in [6.07, 6.45) is 7.58. The molecule has 1 N–H and O–H groups in total. The Morgan fingerprint density at radius 2 is 1.79 bits per heavy atom. The van der Waals surface area contributed by atoms with E-state index in [0.29, 0.717) is 36.4 Å². The van der Waals surface area contributed by atoms with Gasteiger partial charge in [-0.05, 0) is 74.1 Å². The second kappa shape index (κ2) is 10.3. The van der Waals surface area contributed by atoms with Gasteiger partial charge < -0.3 is 14.5 Å². The predicted octanol–water partition coefficient (Wildman–Crippen LogP) is 2.33. The number of likely N-dealkylation sites (tertiary alicyclic amines) is 2. The minimum absolute atomic E-state index is 0.117. The van der Waals surface area contributed by atoms with Crippen LogP contribution in [0.25, 0.3) is 0 Å². The summed E-state index contributed by atoms with van der Waals surface area (Å²) >= 11 is 0. The summed E-state index contributed by atoms with van der Waals surface area (Å²) in [7, 11) is 0. The Kier molecular flexibility index (Phi) is 6.88. The fourth-order valence-corrected chi connectivity index (χ4v) is 7.23. The molecule has 1 aromatic carbocycles. The third-order valence-electron chi connectivity index (χ3n) is 9.43. The molecule has 0 spiro atoms. The third kappa shape index (κ3) is 4.81. The predicted molar refractivity (Wildman–Crippen MR) is 139 cm³/mol. The number of hydrogen-bond donors (Lipinski definition) is 1. The zero-order chi connectivity index (χ0) is 26.4. The summed E-state index contributed by atoms with van der Waals surface area (Å²) in [4.78, 5) is 55.0. The molecule has 4 fully saturated rings. The average molecular weight is 523 g/mol. The first kappa shape index (κ1) is 25.3. The highest BCUT2D eigenvalue weighted by Gasteiger charge is 2.43. The summed E-state index contributed by atoms with van der Waals surface area (Å²) in [5, 5.41) is 2.36. The number of rotatable bonds is 5. The molecule has 6 rings (SSSR count). The fraction of sp³-hybridized carbons (Fsp3) is 0.655. The Balaban J connectivity index is 1.08. The molecule has 3 saturated heterocycles. The van der Waals surface area contributed by atoms with E-state index in [1.54, 1.807) is 11.8 Å². The van der Waals surface area contributed by atoms with E-state index >= 15 is 0 Å². The van der Waals surface area contributed by atoms with Crippen LogP contribution in [0.4, 0.5) is 0 Å². The van der Waals surface area contributed by atoms with Crippen molar-refractivity contribution in [2.75, 3.05) is 26.2 Å². The lowest BCUT2D eigenvalue weighted by Crippen LogP contribution is -2.60. The summed E-state index contributed by atoms with van der Waals surface area (Å²) in [5.74, 6) is 1.41. The molecule has 4 aliphatic heterocycles. The molecule has 38 heavy (non-hydrogen) atoms. The number of ether oxygens (including phenoxy) is 1. The molecule has 9 nitrogen and oxygen atoms in total. The number of piperidine rings is 2. The molecule has 9 heteroatoms. The number of nitrogens with zero attached hydrogens (tertiary/aromatic N) is 3. The molecular weight excluding hydrogens is 484 g/mol. The Morgan fingerprint density at radius 3 is 2.58 bits per heavy atom. The molecule has 1 saturated carbocycles. The maximum atomic E-state index is 13.0. The van der Waals surface area contributed by atoms with Crippen LogP contribution in [-0.4, -0.2) is 82.7 Å². The van der Waals surface area contributed by atoms with Crippen molar-refractivity contribution in [3.8, 4) is 5.75 Å². The van der Waals surface area contributed by atoms with Crippen LogP contribution in [0, 0.1) is 11.8 Å². The van der Waals surface area contributed by atoms with Gasteiger partial charge in [0, 0.05) is 57.7 Å². The van der Waals surface area contributed by atoms with E-state index in [1.807, 2.05) is 23.1 Å². The topological polar surface area (TPSA) is 99.3 Å². The van der Waals surface area contributed by atoms with Crippen molar-refractivity contribution in [2.45, 2.75) is 83.0 Å². The third-order valence-corrected chi connectivity index (χ3v) is 9.43. The first-order chi connectivity index (χ1) is 18.4. The van der Waals surface area contributed by atoms with E-state index in [0.717, 1.165) is 63.2 Å².